The zero-order valence-corrected chi connectivity index (χ0v) is 13.6. The molecule has 0 spiro atoms. The van der Waals surface area contributed by atoms with E-state index >= 15 is 0 Å². The van der Waals surface area contributed by atoms with Gasteiger partial charge in [-0.25, -0.2) is 0 Å². The first-order valence-electron chi connectivity index (χ1n) is 7.93. The van der Waals surface area contributed by atoms with Gasteiger partial charge in [0.1, 0.15) is 0 Å². The Kier molecular flexibility index (Phi) is 5.03. The SMILES string of the molecule is Cc1cc(N2CCC(C)CC2C)c(CNC(C)C)cn1. The molecule has 3 heteroatoms. The first kappa shape index (κ1) is 15.3. The summed E-state index contributed by atoms with van der Waals surface area (Å²) in [6, 6.07) is 3.38. The monoisotopic (exact) mass is 275 g/mol. The maximum Gasteiger partial charge on any atom is 0.0447 e. The Morgan fingerprint density at radius 1 is 1.40 bits per heavy atom. The van der Waals surface area contributed by atoms with E-state index in [4.69, 9.17) is 0 Å². The summed E-state index contributed by atoms with van der Waals surface area (Å²) >= 11 is 0. The molecule has 2 rings (SSSR count). The van der Waals surface area contributed by atoms with Gasteiger partial charge in [0, 0.05) is 48.3 Å². The maximum atomic E-state index is 4.49. The Balaban J connectivity index is 2.22. The lowest BCUT2D eigenvalue weighted by Gasteiger charge is -2.39. The van der Waals surface area contributed by atoms with Crippen molar-refractivity contribution in [3.05, 3.63) is 23.5 Å². The molecule has 112 valence electrons. The number of piperidine rings is 1. The molecule has 1 aromatic heterocycles. The van der Waals surface area contributed by atoms with Crippen LogP contribution in [-0.4, -0.2) is 23.6 Å². The fraction of sp³-hybridized carbons (Fsp3) is 0.706. The molecule has 2 heterocycles. The number of nitrogens with zero attached hydrogens (tertiary/aromatic N) is 2. The van der Waals surface area contributed by atoms with Crippen molar-refractivity contribution in [1.82, 2.24) is 10.3 Å². The van der Waals surface area contributed by atoms with E-state index in [2.05, 4.69) is 55.9 Å². The second kappa shape index (κ2) is 6.57. The highest BCUT2D eigenvalue weighted by atomic mass is 15.2. The summed E-state index contributed by atoms with van der Waals surface area (Å²) in [5.41, 5.74) is 3.81. The zero-order valence-electron chi connectivity index (χ0n) is 13.6. The fourth-order valence-corrected chi connectivity index (χ4v) is 3.06. The number of hydrogen-bond acceptors (Lipinski definition) is 3. The highest BCUT2D eigenvalue weighted by Crippen LogP contribution is 2.30. The van der Waals surface area contributed by atoms with Crippen LogP contribution in [0.3, 0.4) is 0 Å². The number of anilines is 1. The number of aryl methyl sites for hydroxylation is 1. The second-order valence-corrected chi connectivity index (χ2v) is 6.66. The normalized spacial score (nSPS) is 23.4. The average molecular weight is 275 g/mol. The molecule has 1 saturated heterocycles. The number of aromatic nitrogens is 1. The summed E-state index contributed by atoms with van der Waals surface area (Å²) in [5.74, 6) is 0.849. The fourth-order valence-electron chi connectivity index (χ4n) is 3.06. The molecule has 0 aliphatic carbocycles. The van der Waals surface area contributed by atoms with E-state index in [1.54, 1.807) is 0 Å². The standard InChI is InChI=1S/C17H29N3/c1-12(2)18-10-16-11-19-14(4)9-17(16)20-7-6-13(3)8-15(20)5/h9,11-13,15,18H,6-8,10H2,1-5H3. The van der Waals surface area contributed by atoms with Gasteiger partial charge >= 0.3 is 0 Å². The topological polar surface area (TPSA) is 28.2 Å². The van der Waals surface area contributed by atoms with Gasteiger partial charge in [-0.1, -0.05) is 20.8 Å². The number of nitrogens with one attached hydrogen (secondary N) is 1. The van der Waals surface area contributed by atoms with Crippen LogP contribution in [-0.2, 0) is 6.54 Å². The van der Waals surface area contributed by atoms with E-state index in [0.717, 1.165) is 18.2 Å². The molecule has 0 bridgehead atoms. The summed E-state index contributed by atoms with van der Waals surface area (Å²) in [7, 11) is 0. The molecule has 0 aromatic carbocycles. The van der Waals surface area contributed by atoms with Gasteiger partial charge in [-0.2, -0.15) is 0 Å². The predicted octanol–water partition coefficient (Wildman–Crippen LogP) is 3.51. The van der Waals surface area contributed by atoms with Crippen LogP contribution in [0.15, 0.2) is 12.3 Å². The lowest BCUT2D eigenvalue weighted by Crippen LogP contribution is -2.41. The van der Waals surface area contributed by atoms with Gasteiger partial charge in [-0.15, -0.1) is 0 Å². The highest BCUT2D eigenvalue weighted by molar-refractivity contribution is 5.54. The zero-order chi connectivity index (χ0) is 14.7. The van der Waals surface area contributed by atoms with E-state index in [1.165, 1.54) is 30.6 Å². The van der Waals surface area contributed by atoms with Crippen molar-refractivity contribution >= 4 is 5.69 Å². The number of rotatable bonds is 4. The first-order chi connectivity index (χ1) is 9.47. The molecule has 1 aliphatic rings. The summed E-state index contributed by atoms with van der Waals surface area (Å²) in [6.07, 6.45) is 4.63. The van der Waals surface area contributed by atoms with E-state index in [-0.39, 0.29) is 0 Å². The molecule has 2 unspecified atom stereocenters. The Bertz CT molecular complexity index is 442. The molecule has 1 fully saturated rings. The Hall–Kier alpha value is -1.09. The Morgan fingerprint density at radius 2 is 2.15 bits per heavy atom. The Morgan fingerprint density at radius 3 is 2.80 bits per heavy atom. The summed E-state index contributed by atoms with van der Waals surface area (Å²) in [6.45, 7) is 13.2. The van der Waals surface area contributed by atoms with Crippen LogP contribution in [0.5, 0.6) is 0 Å². The van der Waals surface area contributed by atoms with Crippen LogP contribution < -0.4 is 10.2 Å². The molecule has 1 N–H and O–H groups in total. The molecular formula is C17H29N3. The minimum Gasteiger partial charge on any atom is -0.368 e. The minimum atomic E-state index is 0.503. The van der Waals surface area contributed by atoms with E-state index in [9.17, 15) is 0 Å². The van der Waals surface area contributed by atoms with Gasteiger partial charge in [0.25, 0.3) is 0 Å². The van der Waals surface area contributed by atoms with Gasteiger partial charge < -0.3 is 10.2 Å². The molecular weight excluding hydrogens is 246 g/mol. The van der Waals surface area contributed by atoms with Crippen molar-refractivity contribution in [3.8, 4) is 0 Å². The van der Waals surface area contributed by atoms with Crippen LogP contribution in [0.1, 0.15) is 51.8 Å². The van der Waals surface area contributed by atoms with Gasteiger partial charge in [0.05, 0.1) is 0 Å². The molecule has 0 radical (unpaired) electrons. The van der Waals surface area contributed by atoms with Crippen LogP contribution in [0, 0.1) is 12.8 Å². The van der Waals surface area contributed by atoms with Gasteiger partial charge in [0.15, 0.2) is 0 Å². The number of pyridine rings is 1. The van der Waals surface area contributed by atoms with E-state index < -0.39 is 0 Å². The summed E-state index contributed by atoms with van der Waals surface area (Å²) in [5, 5.41) is 3.52. The largest absolute Gasteiger partial charge is 0.368 e. The Labute approximate surface area is 123 Å². The van der Waals surface area contributed by atoms with Crippen molar-refractivity contribution in [2.45, 2.75) is 66.1 Å². The second-order valence-electron chi connectivity index (χ2n) is 6.66. The lowest BCUT2D eigenvalue weighted by atomic mass is 9.92. The van der Waals surface area contributed by atoms with Crippen LogP contribution in [0.4, 0.5) is 5.69 Å². The van der Waals surface area contributed by atoms with Crippen molar-refractivity contribution in [2.75, 3.05) is 11.4 Å². The van der Waals surface area contributed by atoms with Crippen LogP contribution >= 0.6 is 0 Å². The molecule has 20 heavy (non-hydrogen) atoms. The van der Waals surface area contributed by atoms with Crippen molar-refractivity contribution in [3.63, 3.8) is 0 Å². The van der Waals surface area contributed by atoms with Crippen LogP contribution in [0.2, 0.25) is 0 Å². The van der Waals surface area contributed by atoms with Gasteiger partial charge in [-0.3, -0.25) is 4.98 Å². The van der Waals surface area contributed by atoms with E-state index in [0.29, 0.717) is 12.1 Å². The van der Waals surface area contributed by atoms with Crippen molar-refractivity contribution < 1.29 is 0 Å². The third-order valence-corrected chi connectivity index (χ3v) is 4.25. The third kappa shape index (κ3) is 3.72. The molecule has 0 amide bonds. The quantitative estimate of drug-likeness (QED) is 0.911. The van der Waals surface area contributed by atoms with Gasteiger partial charge in [0.2, 0.25) is 0 Å². The molecule has 1 aromatic rings. The molecule has 1 aliphatic heterocycles. The summed E-state index contributed by atoms with van der Waals surface area (Å²) < 4.78 is 0. The first-order valence-corrected chi connectivity index (χ1v) is 7.93. The summed E-state index contributed by atoms with van der Waals surface area (Å²) in [4.78, 5) is 7.06. The van der Waals surface area contributed by atoms with Crippen molar-refractivity contribution in [1.29, 1.82) is 0 Å². The predicted molar refractivity (Wildman–Crippen MR) is 86.2 cm³/mol. The maximum absolute atomic E-state index is 4.49. The smallest absolute Gasteiger partial charge is 0.0447 e. The molecule has 2 atom stereocenters. The van der Waals surface area contributed by atoms with Gasteiger partial charge in [-0.05, 0) is 38.7 Å². The highest BCUT2D eigenvalue weighted by Gasteiger charge is 2.24. The molecule has 3 nitrogen and oxygen atoms in total. The van der Waals surface area contributed by atoms with E-state index in [1.807, 2.05) is 6.20 Å². The number of hydrogen-bond donors (Lipinski definition) is 1. The average Bonchev–Trinajstić information content (AvgIpc) is 2.37. The van der Waals surface area contributed by atoms with Crippen LogP contribution in [0.25, 0.3) is 0 Å². The lowest BCUT2D eigenvalue weighted by molar-refractivity contribution is 0.377. The van der Waals surface area contributed by atoms with Crippen molar-refractivity contribution in [2.24, 2.45) is 5.92 Å². The third-order valence-electron chi connectivity index (χ3n) is 4.25. The molecule has 0 saturated carbocycles. The minimum absolute atomic E-state index is 0.503.